The Kier molecular flexibility index (Phi) is 4.39. The van der Waals surface area contributed by atoms with Crippen molar-refractivity contribution in [1.29, 1.82) is 0 Å². The molecular weight excluding hydrogens is 398 g/mol. The quantitative estimate of drug-likeness (QED) is 0.329. The molecule has 0 unspecified atom stereocenters. The van der Waals surface area contributed by atoms with Crippen LogP contribution in [0.3, 0.4) is 0 Å². The lowest BCUT2D eigenvalue weighted by Crippen LogP contribution is -2.15. The zero-order valence-corrected chi connectivity index (χ0v) is 16.8. The number of fused-ring (bicyclic) bond motifs is 2. The highest BCUT2D eigenvalue weighted by atomic mass is 16.5. The molecule has 0 saturated carbocycles. The van der Waals surface area contributed by atoms with Gasteiger partial charge in [-0.05, 0) is 38.1 Å². The largest absolute Gasteiger partial charge is 0.463 e. The van der Waals surface area contributed by atoms with Crippen molar-refractivity contribution < 1.29 is 23.3 Å². The lowest BCUT2D eigenvalue weighted by molar-refractivity contribution is 0.0477. The second-order valence-corrected chi connectivity index (χ2v) is 7.15. The summed E-state index contributed by atoms with van der Waals surface area (Å²) in [7, 11) is 0. The fourth-order valence-electron chi connectivity index (χ4n) is 3.72. The van der Waals surface area contributed by atoms with Gasteiger partial charge in [-0.25, -0.2) is 9.78 Å². The lowest BCUT2D eigenvalue weighted by atomic mass is 10.1. The van der Waals surface area contributed by atoms with Crippen molar-refractivity contribution in [2.24, 2.45) is 0 Å². The molecule has 0 amide bonds. The Labute approximate surface area is 175 Å². The van der Waals surface area contributed by atoms with Crippen LogP contribution in [-0.2, 0) is 4.74 Å². The molecule has 1 N–H and O–H groups in total. The van der Waals surface area contributed by atoms with Crippen LogP contribution in [-0.4, -0.2) is 33.5 Å². The molecule has 0 radical (unpaired) electrons. The van der Waals surface area contributed by atoms with E-state index in [9.17, 15) is 9.59 Å². The number of rotatable bonds is 5. The van der Waals surface area contributed by atoms with E-state index in [-0.39, 0.29) is 17.1 Å². The normalized spacial score (nSPS) is 11.3. The molecule has 0 aliphatic heterocycles. The first-order valence-corrected chi connectivity index (χ1v) is 9.61. The SMILES string of the molecule is Cc1[nH]c2ccccc2c1C(=O)COC(=O)c1cc(-c2ccco2)nc2onc(C)c12. The van der Waals surface area contributed by atoms with Gasteiger partial charge in [-0.3, -0.25) is 4.79 Å². The Hall–Kier alpha value is -4.20. The minimum Gasteiger partial charge on any atom is -0.463 e. The molecule has 0 spiro atoms. The zero-order valence-electron chi connectivity index (χ0n) is 16.8. The molecule has 5 aromatic rings. The van der Waals surface area contributed by atoms with Crippen molar-refractivity contribution in [3.05, 3.63) is 71.2 Å². The number of nitrogens with one attached hydrogen (secondary N) is 1. The van der Waals surface area contributed by atoms with Gasteiger partial charge in [0.2, 0.25) is 5.78 Å². The van der Waals surface area contributed by atoms with Crippen molar-refractivity contribution in [3.8, 4) is 11.5 Å². The summed E-state index contributed by atoms with van der Waals surface area (Å²) in [5, 5.41) is 5.13. The highest BCUT2D eigenvalue weighted by molar-refractivity contribution is 6.11. The van der Waals surface area contributed by atoms with Crippen LogP contribution in [0.2, 0.25) is 0 Å². The van der Waals surface area contributed by atoms with Crippen LogP contribution in [0.1, 0.15) is 32.1 Å². The van der Waals surface area contributed by atoms with Crippen molar-refractivity contribution >= 4 is 33.8 Å². The van der Waals surface area contributed by atoms with Crippen LogP contribution in [0, 0.1) is 13.8 Å². The molecule has 0 aliphatic carbocycles. The molecule has 154 valence electrons. The van der Waals surface area contributed by atoms with Crippen molar-refractivity contribution in [1.82, 2.24) is 15.1 Å². The van der Waals surface area contributed by atoms with E-state index in [0.29, 0.717) is 28.1 Å². The van der Waals surface area contributed by atoms with E-state index in [1.54, 1.807) is 25.1 Å². The standard InChI is InChI=1S/C23H17N3O5/c1-12-20(14-6-3-4-7-16(14)24-12)18(27)11-30-23(28)15-10-17(19-8-5-9-29-19)25-22-21(15)13(2)26-31-22/h3-10,24H,11H2,1-2H3. The highest BCUT2D eigenvalue weighted by Crippen LogP contribution is 2.28. The number of ketones is 1. The molecule has 0 fully saturated rings. The monoisotopic (exact) mass is 415 g/mol. The van der Waals surface area contributed by atoms with E-state index in [4.69, 9.17) is 13.7 Å². The van der Waals surface area contributed by atoms with Crippen molar-refractivity contribution in [2.45, 2.75) is 13.8 Å². The summed E-state index contributed by atoms with van der Waals surface area (Å²) in [5.41, 5.74) is 3.40. The summed E-state index contributed by atoms with van der Waals surface area (Å²) >= 11 is 0. The Morgan fingerprint density at radius 2 is 1.97 bits per heavy atom. The van der Waals surface area contributed by atoms with Crippen LogP contribution in [0.15, 0.2) is 57.7 Å². The summed E-state index contributed by atoms with van der Waals surface area (Å²) in [6, 6.07) is 12.5. The summed E-state index contributed by atoms with van der Waals surface area (Å²) in [6.07, 6.45) is 1.51. The number of carbonyl (C=O) groups is 2. The van der Waals surface area contributed by atoms with E-state index in [2.05, 4.69) is 15.1 Å². The average Bonchev–Trinajstić information content (AvgIpc) is 3.50. The van der Waals surface area contributed by atoms with Crippen molar-refractivity contribution in [2.75, 3.05) is 6.61 Å². The molecule has 0 bridgehead atoms. The number of ether oxygens (including phenoxy) is 1. The van der Waals surface area contributed by atoms with Crippen LogP contribution in [0.25, 0.3) is 33.5 Å². The third-order valence-corrected chi connectivity index (χ3v) is 5.12. The van der Waals surface area contributed by atoms with Gasteiger partial charge in [0.15, 0.2) is 12.4 Å². The van der Waals surface area contributed by atoms with E-state index in [1.807, 2.05) is 31.2 Å². The zero-order chi connectivity index (χ0) is 21.5. The first-order chi connectivity index (χ1) is 15.0. The van der Waals surface area contributed by atoms with Gasteiger partial charge in [0.25, 0.3) is 5.71 Å². The van der Waals surface area contributed by atoms with E-state index < -0.39 is 12.6 Å². The first kappa shape index (κ1) is 18.8. The Bertz CT molecular complexity index is 1440. The number of nitrogens with zero attached hydrogens (tertiary/aromatic N) is 2. The number of carbonyl (C=O) groups excluding carboxylic acids is 2. The Balaban J connectivity index is 1.46. The van der Waals surface area contributed by atoms with Gasteiger partial charge >= 0.3 is 5.97 Å². The summed E-state index contributed by atoms with van der Waals surface area (Å²) in [5.74, 6) is -0.491. The number of furan rings is 1. The van der Waals surface area contributed by atoms with Gasteiger partial charge in [-0.1, -0.05) is 23.4 Å². The van der Waals surface area contributed by atoms with Gasteiger partial charge in [0.05, 0.1) is 22.9 Å². The minimum absolute atomic E-state index is 0.192. The minimum atomic E-state index is -0.669. The number of hydrogen-bond acceptors (Lipinski definition) is 7. The second-order valence-electron chi connectivity index (χ2n) is 7.15. The summed E-state index contributed by atoms with van der Waals surface area (Å²) in [4.78, 5) is 33.3. The van der Waals surface area contributed by atoms with Gasteiger partial charge in [-0.15, -0.1) is 0 Å². The third kappa shape index (κ3) is 3.18. The number of aromatic amines is 1. The van der Waals surface area contributed by atoms with Gasteiger partial charge in [0, 0.05) is 22.2 Å². The maximum atomic E-state index is 12.9. The van der Waals surface area contributed by atoms with Crippen LogP contribution < -0.4 is 0 Å². The third-order valence-electron chi connectivity index (χ3n) is 5.12. The van der Waals surface area contributed by atoms with Crippen LogP contribution in [0.4, 0.5) is 0 Å². The fourth-order valence-corrected chi connectivity index (χ4v) is 3.72. The molecule has 4 heterocycles. The van der Waals surface area contributed by atoms with Gasteiger partial charge < -0.3 is 18.7 Å². The van der Waals surface area contributed by atoms with E-state index in [0.717, 1.165) is 16.6 Å². The topological polar surface area (TPSA) is 111 Å². The molecule has 1 aromatic carbocycles. The predicted octanol–water partition coefficient (Wildman–Crippen LogP) is 4.62. The number of hydrogen-bond donors (Lipinski definition) is 1. The number of aromatic nitrogens is 3. The first-order valence-electron chi connectivity index (χ1n) is 9.61. The molecule has 8 nitrogen and oxygen atoms in total. The van der Waals surface area contributed by atoms with Gasteiger partial charge in [0.1, 0.15) is 5.69 Å². The van der Waals surface area contributed by atoms with Gasteiger partial charge in [-0.2, -0.15) is 0 Å². The van der Waals surface area contributed by atoms with E-state index in [1.165, 1.54) is 6.26 Å². The number of Topliss-reactive ketones (excluding diaryl/α,β-unsaturated/α-hetero) is 1. The Morgan fingerprint density at radius 1 is 1.13 bits per heavy atom. The molecule has 4 aromatic heterocycles. The highest BCUT2D eigenvalue weighted by Gasteiger charge is 2.23. The van der Waals surface area contributed by atoms with Crippen molar-refractivity contribution in [3.63, 3.8) is 0 Å². The second kappa shape index (κ2) is 7.24. The number of esters is 1. The lowest BCUT2D eigenvalue weighted by Gasteiger charge is -2.07. The smallest absolute Gasteiger partial charge is 0.339 e. The summed E-state index contributed by atoms with van der Waals surface area (Å²) < 4.78 is 16.0. The number of pyridine rings is 1. The number of para-hydroxylation sites is 1. The predicted molar refractivity (Wildman–Crippen MR) is 112 cm³/mol. The molecule has 0 aliphatic rings. The number of aryl methyl sites for hydroxylation is 2. The summed E-state index contributed by atoms with van der Waals surface area (Å²) in [6.45, 7) is 3.13. The van der Waals surface area contributed by atoms with E-state index >= 15 is 0 Å². The molecule has 0 saturated heterocycles. The molecule has 31 heavy (non-hydrogen) atoms. The molecule has 5 rings (SSSR count). The fraction of sp³-hybridized carbons (Fsp3) is 0.130. The molecular formula is C23H17N3O5. The molecule has 0 atom stereocenters. The maximum absolute atomic E-state index is 12.9. The number of H-pyrrole nitrogens is 1. The number of benzene rings is 1. The maximum Gasteiger partial charge on any atom is 0.339 e. The molecule has 8 heteroatoms. The van der Waals surface area contributed by atoms with Crippen LogP contribution in [0.5, 0.6) is 0 Å². The Morgan fingerprint density at radius 3 is 2.77 bits per heavy atom. The average molecular weight is 415 g/mol. The van der Waals surface area contributed by atoms with Crippen LogP contribution >= 0.6 is 0 Å².